The quantitative estimate of drug-likeness (QED) is 0.471. The summed E-state index contributed by atoms with van der Waals surface area (Å²) in [6.07, 6.45) is 11.9. The Kier molecular flexibility index (Phi) is 4.79. The molecule has 6 atom stereocenters. The summed E-state index contributed by atoms with van der Waals surface area (Å²) in [7, 11) is -3.08. The van der Waals surface area contributed by atoms with Crippen molar-refractivity contribution in [1.82, 2.24) is 0 Å². The molecule has 4 rings (SSSR count). The SMILES string of the molecule is C[Si](C)(CCC1CCC2OC2C1)O[Si](C)(C)CC1CCC2OC2C1. The Morgan fingerprint density at radius 1 is 0.750 bits per heavy atom. The summed E-state index contributed by atoms with van der Waals surface area (Å²) >= 11 is 0. The van der Waals surface area contributed by atoms with Crippen LogP contribution in [0.2, 0.25) is 38.3 Å². The Morgan fingerprint density at radius 2 is 1.33 bits per heavy atom. The van der Waals surface area contributed by atoms with Crippen LogP contribution in [0.4, 0.5) is 0 Å². The van der Waals surface area contributed by atoms with E-state index < -0.39 is 16.6 Å². The Morgan fingerprint density at radius 3 is 1.96 bits per heavy atom. The summed E-state index contributed by atoms with van der Waals surface area (Å²) in [5, 5.41) is 0. The summed E-state index contributed by atoms with van der Waals surface area (Å²) in [4.78, 5) is 0. The second-order valence-corrected chi connectivity index (χ2v) is 18.9. The molecular weight excluding hydrogens is 332 g/mol. The maximum Gasteiger partial charge on any atom is 0.173 e. The van der Waals surface area contributed by atoms with Crippen LogP contribution in [-0.4, -0.2) is 41.1 Å². The third-order valence-corrected chi connectivity index (χ3v) is 14.2. The number of ether oxygens (including phenoxy) is 2. The number of hydrogen-bond donors (Lipinski definition) is 0. The van der Waals surface area contributed by atoms with Gasteiger partial charge in [0, 0.05) is 0 Å². The van der Waals surface area contributed by atoms with Gasteiger partial charge in [0.1, 0.15) is 0 Å². The molecule has 0 aromatic carbocycles. The van der Waals surface area contributed by atoms with Crippen molar-refractivity contribution in [1.29, 1.82) is 0 Å². The van der Waals surface area contributed by atoms with Crippen LogP contribution in [0, 0.1) is 11.8 Å². The largest absolute Gasteiger partial charge is 0.455 e. The standard InChI is InChI=1S/C19H36O3Si2/c1-23(2,10-9-14-5-7-16-18(11-14)20-16)22-24(3,4)13-15-6-8-17-19(12-15)21-17/h14-19H,5-13H2,1-4H3. The van der Waals surface area contributed by atoms with Crippen molar-refractivity contribution in [3.05, 3.63) is 0 Å². The molecule has 0 amide bonds. The van der Waals surface area contributed by atoms with Crippen LogP contribution in [0.15, 0.2) is 0 Å². The van der Waals surface area contributed by atoms with Crippen molar-refractivity contribution < 1.29 is 13.6 Å². The topological polar surface area (TPSA) is 34.3 Å². The fraction of sp³-hybridized carbons (Fsp3) is 1.00. The molecule has 4 fully saturated rings. The molecule has 2 saturated carbocycles. The molecule has 24 heavy (non-hydrogen) atoms. The minimum Gasteiger partial charge on any atom is -0.455 e. The van der Waals surface area contributed by atoms with Crippen LogP contribution in [0.3, 0.4) is 0 Å². The average molecular weight is 369 g/mol. The highest BCUT2D eigenvalue weighted by Crippen LogP contribution is 2.44. The van der Waals surface area contributed by atoms with Crippen molar-refractivity contribution in [2.75, 3.05) is 0 Å². The van der Waals surface area contributed by atoms with Crippen LogP contribution in [0.25, 0.3) is 0 Å². The van der Waals surface area contributed by atoms with E-state index in [1.165, 1.54) is 57.0 Å². The van der Waals surface area contributed by atoms with Gasteiger partial charge in [0.2, 0.25) is 0 Å². The van der Waals surface area contributed by atoms with E-state index in [1.54, 1.807) is 0 Å². The zero-order valence-corrected chi connectivity index (χ0v) is 18.1. The van der Waals surface area contributed by atoms with Crippen molar-refractivity contribution >= 4 is 16.6 Å². The lowest BCUT2D eigenvalue weighted by molar-refractivity contribution is 0.354. The number of fused-ring (bicyclic) bond motifs is 2. The summed E-state index contributed by atoms with van der Waals surface area (Å²) < 4.78 is 18.3. The van der Waals surface area contributed by atoms with Crippen molar-refractivity contribution in [3.63, 3.8) is 0 Å². The molecule has 0 N–H and O–H groups in total. The maximum atomic E-state index is 6.91. The molecule has 5 heteroatoms. The number of rotatable bonds is 7. The Hall–Kier alpha value is 0.314. The predicted molar refractivity (Wildman–Crippen MR) is 102 cm³/mol. The van der Waals surface area contributed by atoms with E-state index >= 15 is 0 Å². The van der Waals surface area contributed by atoms with Gasteiger partial charge in [-0.1, -0.05) is 6.42 Å². The lowest BCUT2D eigenvalue weighted by Gasteiger charge is -2.37. The molecule has 0 aromatic rings. The van der Waals surface area contributed by atoms with Crippen molar-refractivity contribution in [2.24, 2.45) is 11.8 Å². The monoisotopic (exact) mass is 368 g/mol. The summed E-state index contributed by atoms with van der Waals surface area (Å²) in [5.41, 5.74) is 0. The minimum atomic E-state index is -1.55. The minimum absolute atomic E-state index is 0.610. The van der Waals surface area contributed by atoms with Gasteiger partial charge in [-0.3, -0.25) is 0 Å². The molecule has 2 heterocycles. The van der Waals surface area contributed by atoms with Gasteiger partial charge in [-0.05, 0) is 88.6 Å². The van der Waals surface area contributed by atoms with E-state index in [9.17, 15) is 0 Å². The molecule has 2 aliphatic carbocycles. The molecule has 2 saturated heterocycles. The van der Waals surface area contributed by atoms with Gasteiger partial charge >= 0.3 is 0 Å². The maximum absolute atomic E-state index is 6.91. The Labute approximate surface area is 150 Å². The predicted octanol–water partition coefficient (Wildman–Crippen LogP) is 4.94. The second-order valence-electron chi connectivity index (χ2n) is 10.1. The van der Waals surface area contributed by atoms with Crippen molar-refractivity contribution in [3.8, 4) is 0 Å². The molecule has 6 unspecified atom stereocenters. The highest BCUT2D eigenvalue weighted by molar-refractivity contribution is 6.84. The second kappa shape index (κ2) is 6.48. The first-order valence-electron chi connectivity index (χ1n) is 10.3. The van der Waals surface area contributed by atoms with Gasteiger partial charge < -0.3 is 13.6 Å². The normalized spacial score (nSPS) is 41.5. The van der Waals surface area contributed by atoms with Crippen LogP contribution in [0.5, 0.6) is 0 Å². The molecule has 0 spiro atoms. The van der Waals surface area contributed by atoms with Gasteiger partial charge in [0.15, 0.2) is 16.6 Å². The molecule has 0 bridgehead atoms. The lowest BCUT2D eigenvalue weighted by Crippen LogP contribution is -2.45. The molecule has 0 radical (unpaired) electrons. The van der Waals surface area contributed by atoms with Gasteiger partial charge in [-0.15, -0.1) is 0 Å². The average Bonchev–Trinajstić information content (AvgIpc) is 3.36. The highest BCUT2D eigenvalue weighted by Gasteiger charge is 2.46. The molecular formula is C19H36O3Si2. The highest BCUT2D eigenvalue weighted by atomic mass is 28.4. The Balaban J connectivity index is 1.22. The zero-order chi connectivity index (χ0) is 16.9. The first-order valence-corrected chi connectivity index (χ1v) is 16.5. The summed E-state index contributed by atoms with van der Waals surface area (Å²) in [5.74, 6) is 1.76. The first kappa shape index (κ1) is 17.7. The van der Waals surface area contributed by atoms with Gasteiger partial charge in [0.25, 0.3) is 0 Å². The van der Waals surface area contributed by atoms with Gasteiger partial charge in [-0.2, -0.15) is 0 Å². The smallest absolute Gasteiger partial charge is 0.173 e. The van der Waals surface area contributed by atoms with E-state index in [-0.39, 0.29) is 0 Å². The first-order chi connectivity index (χ1) is 11.3. The fourth-order valence-corrected chi connectivity index (χ4v) is 15.1. The molecule has 2 aliphatic heterocycles. The van der Waals surface area contributed by atoms with E-state index in [0.717, 1.165) is 11.8 Å². The van der Waals surface area contributed by atoms with Gasteiger partial charge in [-0.25, -0.2) is 0 Å². The molecule has 138 valence electrons. The van der Waals surface area contributed by atoms with Crippen molar-refractivity contribution in [2.45, 2.75) is 108 Å². The van der Waals surface area contributed by atoms with E-state index in [4.69, 9.17) is 13.6 Å². The lowest BCUT2D eigenvalue weighted by atomic mass is 9.88. The van der Waals surface area contributed by atoms with Crippen LogP contribution in [0.1, 0.15) is 44.9 Å². The summed E-state index contributed by atoms with van der Waals surface area (Å²) in [6, 6.07) is 2.68. The molecule has 0 aromatic heterocycles. The van der Waals surface area contributed by atoms with Crippen LogP contribution >= 0.6 is 0 Å². The fourth-order valence-electron chi connectivity index (χ4n) is 5.51. The number of epoxide rings is 2. The van der Waals surface area contributed by atoms with E-state index in [0.29, 0.717) is 24.4 Å². The third kappa shape index (κ3) is 4.53. The van der Waals surface area contributed by atoms with Crippen LogP contribution in [-0.2, 0) is 13.6 Å². The Bertz CT molecular complexity index is 468. The molecule has 4 aliphatic rings. The van der Waals surface area contributed by atoms with Gasteiger partial charge in [0.05, 0.1) is 24.4 Å². The third-order valence-electron chi connectivity index (χ3n) is 6.71. The zero-order valence-electron chi connectivity index (χ0n) is 16.1. The number of hydrogen-bond acceptors (Lipinski definition) is 3. The summed E-state index contributed by atoms with van der Waals surface area (Å²) in [6.45, 7) is 9.85. The van der Waals surface area contributed by atoms with E-state index in [2.05, 4.69) is 26.2 Å². The van der Waals surface area contributed by atoms with Crippen LogP contribution < -0.4 is 0 Å². The van der Waals surface area contributed by atoms with E-state index in [1.807, 2.05) is 0 Å². The molecule has 3 nitrogen and oxygen atoms in total.